The van der Waals surface area contributed by atoms with Crippen LogP contribution in [-0.2, 0) is 29.7 Å². The summed E-state index contributed by atoms with van der Waals surface area (Å²) in [4.78, 5) is 20.9. The van der Waals surface area contributed by atoms with Crippen LogP contribution >= 0.6 is 11.3 Å². The number of aromatic nitrogens is 1. The molecule has 1 aromatic heterocycles. The van der Waals surface area contributed by atoms with Gasteiger partial charge in [0.15, 0.2) is 0 Å². The minimum atomic E-state index is -0.606. The summed E-state index contributed by atoms with van der Waals surface area (Å²) < 4.78 is 0. The van der Waals surface area contributed by atoms with Crippen LogP contribution in [-0.4, -0.2) is 52.0 Å². The molecule has 2 aromatic rings. The molecule has 0 atom stereocenters. The molecule has 2 aliphatic carbocycles. The first-order chi connectivity index (χ1) is 14.6. The maximum atomic E-state index is 11.4. The van der Waals surface area contributed by atoms with E-state index in [-0.39, 0.29) is 11.3 Å². The van der Waals surface area contributed by atoms with Gasteiger partial charge in [-0.3, -0.25) is 14.6 Å². The molecule has 2 heterocycles. The summed E-state index contributed by atoms with van der Waals surface area (Å²) in [5.41, 5.74) is 7.80. The van der Waals surface area contributed by atoms with Crippen molar-refractivity contribution in [3.05, 3.63) is 51.5 Å². The van der Waals surface area contributed by atoms with Gasteiger partial charge >= 0.3 is 5.97 Å². The molecule has 1 saturated carbocycles. The highest BCUT2D eigenvalue weighted by molar-refractivity contribution is 7.07. The van der Waals surface area contributed by atoms with Gasteiger partial charge in [0, 0.05) is 44.6 Å². The number of rotatable bonds is 5. The first kappa shape index (κ1) is 20.2. The molecule has 5 rings (SSSR count). The van der Waals surface area contributed by atoms with Crippen molar-refractivity contribution >= 4 is 17.3 Å². The number of aryl methyl sites for hydroxylation is 1. The number of hydrogen-bond acceptors (Lipinski definition) is 5. The predicted molar refractivity (Wildman–Crippen MR) is 119 cm³/mol. The van der Waals surface area contributed by atoms with Crippen LogP contribution in [0.4, 0.5) is 0 Å². The third kappa shape index (κ3) is 4.05. The number of carboxylic acid groups (broad SMARTS) is 1. The van der Waals surface area contributed by atoms with Crippen LogP contribution in [0.15, 0.2) is 29.1 Å². The Labute approximate surface area is 182 Å². The number of piperazine rings is 1. The number of carboxylic acids is 1. The zero-order valence-corrected chi connectivity index (χ0v) is 18.4. The molecule has 1 N–H and O–H groups in total. The van der Waals surface area contributed by atoms with Gasteiger partial charge < -0.3 is 5.11 Å². The van der Waals surface area contributed by atoms with Crippen LogP contribution in [0.5, 0.6) is 0 Å². The molecule has 1 aromatic carbocycles. The largest absolute Gasteiger partial charge is 0.481 e. The second-order valence-electron chi connectivity index (χ2n) is 9.42. The number of carbonyl (C=O) groups is 1. The van der Waals surface area contributed by atoms with Crippen molar-refractivity contribution in [1.29, 1.82) is 0 Å². The molecule has 2 fully saturated rings. The quantitative estimate of drug-likeness (QED) is 0.787. The molecule has 0 amide bonds. The number of fused-ring (bicyclic) bond motifs is 2. The number of aliphatic carboxylic acids is 1. The summed E-state index contributed by atoms with van der Waals surface area (Å²) in [6.45, 7) is 6.40. The van der Waals surface area contributed by atoms with Gasteiger partial charge in [-0.1, -0.05) is 18.2 Å². The maximum Gasteiger partial charge on any atom is 0.306 e. The number of nitrogens with zero attached hydrogens (tertiary/aromatic N) is 3. The van der Waals surface area contributed by atoms with Gasteiger partial charge in [0.25, 0.3) is 0 Å². The lowest BCUT2D eigenvalue weighted by atomic mass is 9.67. The Balaban J connectivity index is 1.21. The average Bonchev–Trinajstić information content (AvgIpc) is 3.39. The Hall–Kier alpha value is -1.76. The van der Waals surface area contributed by atoms with Crippen LogP contribution in [0, 0.1) is 5.92 Å². The summed E-state index contributed by atoms with van der Waals surface area (Å²) >= 11 is 1.67. The predicted octanol–water partition coefficient (Wildman–Crippen LogP) is 3.92. The first-order valence-corrected chi connectivity index (χ1v) is 12.2. The van der Waals surface area contributed by atoms with Crippen LogP contribution in [0.3, 0.4) is 0 Å². The van der Waals surface area contributed by atoms with E-state index in [0.717, 1.165) is 71.4 Å². The van der Waals surface area contributed by atoms with Crippen molar-refractivity contribution in [3.63, 3.8) is 0 Å². The van der Waals surface area contributed by atoms with Gasteiger partial charge in [-0.2, -0.15) is 0 Å². The summed E-state index contributed by atoms with van der Waals surface area (Å²) in [5.74, 6) is -0.742. The zero-order valence-electron chi connectivity index (χ0n) is 17.6. The minimum absolute atomic E-state index is 0.136. The monoisotopic (exact) mass is 425 g/mol. The summed E-state index contributed by atoms with van der Waals surface area (Å²) in [6, 6.07) is 7.13. The smallest absolute Gasteiger partial charge is 0.306 e. The molecule has 0 unspecified atom stereocenters. The average molecular weight is 426 g/mol. The van der Waals surface area contributed by atoms with Crippen LogP contribution in [0.2, 0.25) is 0 Å². The van der Waals surface area contributed by atoms with Crippen LogP contribution in [0.25, 0.3) is 0 Å². The Kier molecular flexibility index (Phi) is 5.65. The van der Waals surface area contributed by atoms with E-state index in [2.05, 4.69) is 38.4 Å². The minimum Gasteiger partial charge on any atom is -0.481 e. The lowest BCUT2D eigenvalue weighted by Crippen LogP contribution is -2.45. The van der Waals surface area contributed by atoms with Gasteiger partial charge in [0.2, 0.25) is 0 Å². The molecule has 6 heteroatoms. The van der Waals surface area contributed by atoms with E-state index in [0.29, 0.717) is 0 Å². The fourth-order valence-corrected chi connectivity index (χ4v) is 6.34. The molecule has 0 radical (unpaired) electrons. The number of benzene rings is 1. The Morgan fingerprint density at radius 1 is 1.10 bits per heavy atom. The SMILES string of the molecule is O=C(O)C1CCC2(CCc3ccc(CN4CCN(Cc5cscn5)CC4)cc32)CC1. The third-order valence-electron chi connectivity index (χ3n) is 7.65. The molecule has 1 saturated heterocycles. The van der Waals surface area contributed by atoms with E-state index in [4.69, 9.17) is 0 Å². The van der Waals surface area contributed by atoms with E-state index in [1.807, 2.05) is 5.51 Å². The Bertz CT molecular complexity index is 882. The second kappa shape index (κ2) is 8.40. The summed E-state index contributed by atoms with van der Waals surface area (Å²) in [5, 5.41) is 11.5. The highest BCUT2D eigenvalue weighted by Gasteiger charge is 2.42. The fraction of sp³-hybridized carbons (Fsp3) is 0.583. The molecule has 0 bridgehead atoms. The lowest BCUT2D eigenvalue weighted by Gasteiger charge is -2.37. The third-order valence-corrected chi connectivity index (χ3v) is 8.29. The Morgan fingerprint density at radius 2 is 1.83 bits per heavy atom. The van der Waals surface area contributed by atoms with Crippen LogP contribution in [0.1, 0.15) is 54.5 Å². The Morgan fingerprint density at radius 3 is 2.50 bits per heavy atom. The van der Waals surface area contributed by atoms with Crippen LogP contribution < -0.4 is 0 Å². The normalized spacial score (nSPS) is 27.4. The van der Waals surface area contributed by atoms with Crippen molar-refractivity contribution in [3.8, 4) is 0 Å². The molecule has 1 spiro atoms. The van der Waals surface area contributed by atoms with E-state index in [1.54, 1.807) is 11.3 Å². The van der Waals surface area contributed by atoms with E-state index in [1.165, 1.54) is 28.8 Å². The molecule has 5 nitrogen and oxygen atoms in total. The van der Waals surface area contributed by atoms with Crippen molar-refractivity contribution in [2.75, 3.05) is 26.2 Å². The van der Waals surface area contributed by atoms with E-state index < -0.39 is 5.97 Å². The van der Waals surface area contributed by atoms with Crippen molar-refractivity contribution in [2.45, 2.75) is 57.0 Å². The maximum absolute atomic E-state index is 11.4. The highest BCUT2D eigenvalue weighted by Crippen LogP contribution is 2.50. The highest BCUT2D eigenvalue weighted by atomic mass is 32.1. The van der Waals surface area contributed by atoms with Gasteiger partial charge in [0.05, 0.1) is 17.1 Å². The number of hydrogen-bond donors (Lipinski definition) is 1. The van der Waals surface area contributed by atoms with Gasteiger partial charge in [0.1, 0.15) is 0 Å². The second-order valence-corrected chi connectivity index (χ2v) is 10.1. The first-order valence-electron chi connectivity index (χ1n) is 11.3. The summed E-state index contributed by atoms with van der Waals surface area (Å²) in [6.07, 6.45) is 6.10. The van der Waals surface area contributed by atoms with E-state index >= 15 is 0 Å². The fourth-order valence-electron chi connectivity index (χ4n) is 5.79. The molecular formula is C24H31N3O2S. The topological polar surface area (TPSA) is 56.7 Å². The van der Waals surface area contributed by atoms with Gasteiger partial charge in [-0.05, 0) is 60.6 Å². The summed E-state index contributed by atoms with van der Waals surface area (Å²) in [7, 11) is 0. The molecule has 3 aliphatic rings. The molecule has 160 valence electrons. The van der Waals surface area contributed by atoms with E-state index in [9.17, 15) is 9.90 Å². The standard InChI is InChI=1S/C24H31N3O2S/c28-23(29)20-4-7-24(8-5-20)6-3-19-2-1-18(13-22(19)24)14-26-9-11-27(12-10-26)15-21-16-30-17-25-21/h1-2,13,16-17,20H,3-12,14-15H2,(H,28,29). The van der Waals surface area contributed by atoms with Gasteiger partial charge in [-0.15, -0.1) is 11.3 Å². The van der Waals surface area contributed by atoms with Crippen molar-refractivity contribution < 1.29 is 9.90 Å². The van der Waals surface area contributed by atoms with Gasteiger partial charge in [-0.25, -0.2) is 4.98 Å². The van der Waals surface area contributed by atoms with Crippen molar-refractivity contribution in [1.82, 2.24) is 14.8 Å². The number of thiazole rings is 1. The lowest BCUT2D eigenvalue weighted by molar-refractivity contribution is -0.143. The molecule has 30 heavy (non-hydrogen) atoms. The molecular weight excluding hydrogens is 394 g/mol. The molecule has 1 aliphatic heterocycles. The zero-order chi connectivity index (χ0) is 20.6. The van der Waals surface area contributed by atoms with Crippen molar-refractivity contribution in [2.24, 2.45) is 5.92 Å².